The molecule has 0 bridgehead atoms. The third kappa shape index (κ3) is 3.58. The van der Waals surface area contributed by atoms with Crippen LogP contribution >= 0.6 is 0 Å². The minimum absolute atomic E-state index is 0.162. The molecular formula is C20H15F3N4O2. The topological polar surface area (TPSA) is 72.8 Å². The molecule has 0 fully saturated rings. The lowest BCUT2D eigenvalue weighted by atomic mass is 10.2. The molecule has 148 valence electrons. The van der Waals surface area contributed by atoms with Gasteiger partial charge in [0.05, 0.1) is 22.3 Å². The number of fused-ring (bicyclic) bond motifs is 1. The van der Waals surface area contributed by atoms with Crippen LogP contribution in [-0.4, -0.2) is 19.5 Å². The molecule has 0 saturated carbocycles. The van der Waals surface area contributed by atoms with Crippen LogP contribution in [0, 0.1) is 6.92 Å². The first-order valence-corrected chi connectivity index (χ1v) is 8.60. The number of rotatable bonds is 3. The molecule has 1 aromatic carbocycles. The number of aryl methyl sites for hydroxylation is 2. The number of ether oxygens (including phenoxy) is 1. The summed E-state index contributed by atoms with van der Waals surface area (Å²) in [6, 6.07) is 9.08. The summed E-state index contributed by atoms with van der Waals surface area (Å²) in [4.78, 5) is 23.7. The van der Waals surface area contributed by atoms with E-state index in [9.17, 15) is 18.0 Å². The Kier molecular flexibility index (Phi) is 4.37. The van der Waals surface area contributed by atoms with E-state index in [1.54, 1.807) is 32.3 Å². The lowest BCUT2D eigenvalue weighted by Crippen LogP contribution is -2.15. The first kappa shape index (κ1) is 18.7. The third-order valence-electron chi connectivity index (χ3n) is 4.44. The van der Waals surface area contributed by atoms with Gasteiger partial charge in [-0.15, -0.1) is 0 Å². The predicted octanol–water partition coefficient (Wildman–Crippen LogP) is 4.44. The highest BCUT2D eigenvalue weighted by Crippen LogP contribution is 2.32. The van der Waals surface area contributed by atoms with Crippen molar-refractivity contribution < 1.29 is 17.9 Å². The van der Waals surface area contributed by atoms with Gasteiger partial charge in [0.1, 0.15) is 11.6 Å². The van der Waals surface area contributed by atoms with Crippen molar-refractivity contribution in [2.45, 2.75) is 13.1 Å². The predicted molar refractivity (Wildman–Crippen MR) is 101 cm³/mol. The van der Waals surface area contributed by atoms with E-state index < -0.39 is 11.7 Å². The molecule has 0 atom stereocenters. The SMILES string of the molecule is Cc1nc(Oc2ccc(C(F)(F)F)cc2)cc(-c2c[nH]c3ccc(=O)n(C)c23)n1. The lowest BCUT2D eigenvalue weighted by molar-refractivity contribution is -0.137. The lowest BCUT2D eigenvalue weighted by Gasteiger charge is -2.10. The molecule has 0 radical (unpaired) electrons. The number of aromatic nitrogens is 4. The van der Waals surface area contributed by atoms with Crippen molar-refractivity contribution in [3.8, 4) is 22.9 Å². The molecular weight excluding hydrogens is 385 g/mol. The second kappa shape index (κ2) is 6.77. The van der Waals surface area contributed by atoms with Crippen LogP contribution < -0.4 is 10.3 Å². The minimum atomic E-state index is -4.41. The van der Waals surface area contributed by atoms with Gasteiger partial charge in [0.2, 0.25) is 5.88 Å². The van der Waals surface area contributed by atoms with Crippen LogP contribution in [0.5, 0.6) is 11.6 Å². The molecule has 6 nitrogen and oxygen atoms in total. The number of halogens is 3. The summed E-state index contributed by atoms with van der Waals surface area (Å²) in [5.74, 6) is 0.815. The van der Waals surface area contributed by atoms with Crippen LogP contribution in [0.25, 0.3) is 22.3 Å². The standard InChI is InChI=1S/C20H15F3N4O2/c1-11-25-16(14-10-24-15-7-8-18(28)27(2)19(14)15)9-17(26-11)29-13-5-3-12(4-6-13)20(21,22)23/h3-10,24H,1-2H3. The molecule has 0 unspecified atom stereocenters. The largest absolute Gasteiger partial charge is 0.439 e. The van der Waals surface area contributed by atoms with Gasteiger partial charge in [-0.1, -0.05) is 0 Å². The first-order valence-electron chi connectivity index (χ1n) is 8.60. The molecule has 3 heterocycles. The van der Waals surface area contributed by atoms with Crippen LogP contribution in [0.2, 0.25) is 0 Å². The van der Waals surface area contributed by atoms with Crippen LogP contribution in [0.4, 0.5) is 13.2 Å². The highest BCUT2D eigenvalue weighted by atomic mass is 19.4. The summed E-state index contributed by atoms with van der Waals surface area (Å²) >= 11 is 0. The van der Waals surface area contributed by atoms with Gasteiger partial charge >= 0.3 is 6.18 Å². The van der Waals surface area contributed by atoms with Crippen molar-refractivity contribution in [3.05, 3.63) is 70.4 Å². The fraction of sp³-hybridized carbons (Fsp3) is 0.150. The maximum Gasteiger partial charge on any atom is 0.416 e. The van der Waals surface area contributed by atoms with Gasteiger partial charge in [-0.05, 0) is 37.3 Å². The van der Waals surface area contributed by atoms with Crippen molar-refractivity contribution >= 4 is 11.0 Å². The Morgan fingerprint density at radius 3 is 2.48 bits per heavy atom. The van der Waals surface area contributed by atoms with Crippen LogP contribution in [-0.2, 0) is 13.2 Å². The van der Waals surface area contributed by atoms with Crippen LogP contribution in [0.15, 0.2) is 53.5 Å². The van der Waals surface area contributed by atoms with E-state index in [2.05, 4.69) is 15.0 Å². The fourth-order valence-electron chi connectivity index (χ4n) is 3.06. The highest BCUT2D eigenvalue weighted by Gasteiger charge is 2.30. The number of benzene rings is 1. The van der Waals surface area contributed by atoms with Crippen molar-refractivity contribution in [2.24, 2.45) is 7.05 Å². The first-order chi connectivity index (χ1) is 13.7. The molecule has 0 aliphatic heterocycles. The second-order valence-electron chi connectivity index (χ2n) is 6.46. The van der Waals surface area contributed by atoms with Gasteiger partial charge in [0, 0.05) is 30.9 Å². The molecule has 1 N–H and O–H groups in total. The van der Waals surface area contributed by atoms with Crippen molar-refractivity contribution in [1.29, 1.82) is 0 Å². The molecule has 9 heteroatoms. The third-order valence-corrected chi connectivity index (χ3v) is 4.44. The minimum Gasteiger partial charge on any atom is -0.439 e. The van der Waals surface area contributed by atoms with E-state index in [4.69, 9.17) is 4.74 Å². The van der Waals surface area contributed by atoms with E-state index in [0.717, 1.165) is 17.6 Å². The number of nitrogens with zero attached hydrogens (tertiary/aromatic N) is 3. The van der Waals surface area contributed by atoms with Crippen molar-refractivity contribution in [2.75, 3.05) is 0 Å². The summed E-state index contributed by atoms with van der Waals surface area (Å²) in [7, 11) is 1.66. The van der Waals surface area contributed by atoms with E-state index in [1.807, 2.05) is 0 Å². The molecule has 0 spiro atoms. The van der Waals surface area contributed by atoms with Crippen molar-refractivity contribution in [1.82, 2.24) is 19.5 Å². The zero-order valence-corrected chi connectivity index (χ0v) is 15.4. The molecule has 0 saturated heterocycles. The molecule has 3 aromatic heterocycles. The quantitative estimate of drug-likeness (QED) is 0.552. The highest BCUT2D eigenvalue weighted by molar-refractivity contribution is 5.91. The fourth-order valence-corrected chi connectivity index (χ4v) is 3.06. The number of hydrogen-bond acceptors (Lipinski definition) is 4. The van der Waals surface area contributed by atoms with E-state index in [-0.39, 0.29) is 17.2 Å². The molecule has 0 aliphatic rings. The zero-order valence-electron chi connectivity index (χ0n) is 15.4. The Labute approximate surface area is 162 Å². The number of aromatic amines is 1. The van der Waals surface area contributed by atoms with Gasteiger partial charge in [0.15, 0.2) is 0 Å². The Balaban J connectivity index is 1.72. The zero-order chi connectivity index (χ0) is 20.8. The van der Waals surface area contributed by atoms with Crippen LogP contribution in [0.1, 0.15) is 11.4 Å². The Bertz CT molecular complexity index is 1260. The normalized spacial score (nSPS) is 11.8. The molecule has 4 rings (SSSR count). The number of hydrogen-bond donors (Lipinski definition) is 1. The Morgan fingerprint density at radius 1 is 1.07 bits per heavy atom. The monoisotopic (exact) mass is 400 g/mol. The van der Waals surface area contributed by atoms with Crippen molar-refractivity contribution in [3.63, 3.8) is 0 Å². The van der Waals surface area contributed by atoms with E-state index in [0.29, 0.717) is 22.6 Å². The number of alkyl halides is 3. The summed E-state index contributed by atoms with van der Waals surface area (Å²) in [5, 5.41) is 0. The number of H-pyrrole nitrogens is 1. The summed E-state index contributed by atoms with van der Waals surface area (Å²) in [5.41, 5.74) is 1.73. The Morgan fingerprint density at radius 2 is 1.79 bits per heavy atom. The van der Waals surface area contributed by atoms with E-state index in [1.165, 1.54) is 22.8 Å². The average molecular weight is 400 g/mol. The second-order valence-corrected chi connectivity index (χ2v) is 6.46. The Hall–Kier alpha value is -3.62. The smallest absolute Gasteiger partial charge is 0.416 e. The number of pyridine rings is 1. The number of nitrogens with one attached hydrogen (secondary N) is 1. The maximum atomic E-state index is 12.7. The molecule has 0 amide bonds. The summed E-state index contributed by atoms with van der Waals surface area (Å²) in [6.07, 6.45) is -2.68. The van der Waals surface area contributed by atoms with Gasteiger partial charge in [-0.25, -0.2) is 4.98 Å². The van der Waals surface area contributed by atoms with Gasteiger partial charge in [0.25, 0.3) is 5.56 Å². The van der Waals surface area contributed by atoms with Gasteiger partial charge in [-0.3, -0.25) is 4.79 Å². The van der Waals surface area contributed by atoms with Crippen LogP contribution in [0.3, 0.4) is 0 Å². The summed E-state index contributed by atoms with van der Waals surface area (Å²) in [6.45, 7) is 1.68. The molecule has 4 aromatic rings. The average Bonchev–Trinajstić information content (AvgIpc) is 3.09. The van der Waals surface area contributed by atoms with E-state index >= 15 is 0 Å². The maximum absolute atomic E-state index is 12.7. The molecule has 0 aliphatic carbocycles. The van der Waals surface area contributed by atoms with Gasteiger partial charge < -0.3 is 14.3 Å². The summed E-state index contributed by atoms with van der Waals surface area (Å²) < 4.78 is 45.3. The molecule has 29 heavy (non-hydrogen) atoms. The van der Waals surface area contributed by atoms with Gasteiger partial charge in [-0.2, -0.15) is 18.2 Å².